The van der Waals surface area contributed by atoms with Gasteiger partial charge in [-0.15, -0.1) is 0 Å². The van der Waals surface area contributed by atoms with Gasteiger partial charge in [-0.2, -0.15) is 0 Å². The van der Waals surface area contributed by atoms with Crippen LogP contribution in [0.2, 0.25) is 5.02 Å². The average molecular weight is 305 g/mol. The number of carbonyl (C=O) groups excluding carboxylic acids is 1. The summed E-state index contributed by atoms with van der Waals surface area (Å²) >= 11 is 6.01. The minimum Gasteiger partial charge on any atom is -0.389 e. The number of urea groups is 1. The molecule has 0 heterocycles. The van der Waals surface area contributed by atoms with Crippen LogP contribution in [0.1, 0.15) is 24.2 Å². The van der Waals surface area contributed by atoms with Gasteiger partial charge in [0.25, 0.3) is 0 Å². The van der Waals surface area contributed by atoms with E-state index >= 15 is 0 Å². The molecule has 0 aliphatic heterocycles. The molecule has 0 aliphatic carbocycles. The number of aliphatic hydroxyl groups is 1. The van der Waals surface area contributed by atoms with E-state index < -0.39 is 6.10 Å². The van der Waals surface area contributed by atoms with Crippen LogP contribution in [0.25, 0.3) is 0 Å². The van der Waals surface area contributed by atoms with Gasteiger partial charge in [0.1, 0.15) is 0 Å². The molecule has 5 heteroatoms. The van der Waals surface area contributed by atoms with Crippen LogP contribution < -0.4 is 10.6 Å². The molecular formula is C16H17ClN2O2. The Kier molecular flexibility index (Phi) is 4.83. The topological polar surface area (TPSA) is 61.4 Å². The fourth-order valence-electron chi connectivity index (χ4n) is 1.90. The summed E-state index contributed by atoms with van der Waals surface area (Å²) in [7, 11) is 0. The number of amides is 2. The van der Waals surface area contributed by atoms with E-state index in [1.54, 1.807) is 49.4 Å². The number of benzene rings is 2. The maximum Gasteiger partial charge on any atom is 0.323 e. The molecule has 1 unspecified atom stereocenters. The van der Waals surface area contributed by atoms with Crippen molar-refractivity contribution in [2.24, 2.45) is 0 Å². The van der Waals surface area contributed by atoms with Crippen molar-refractivity contribution in [3.63, 3.8) is 0 Å². The highest BCUT2D eigenvalue weighted by atomic mass is 35.5. The van der Waals surface area contributed by atoms with Crippen LogP contribution in [0, 0.1) is 6.92 Å². The summed E-state index contributed by atoms with van der Waals surface area (Å²) in [5.41, 5.74) is 2.83. The van der Waals surface area contributed by atoms with Crippen LogP contribution in [0.15, 0.2) is 42.5 Å². The third-order valence-electron chi connectivity index (χ3n) is 3.14. The van der Waals surface area contributed by atoms with Crippen LogP contribution in [-0.4, -0.2) is 11.1 Å². The molecule has 2 aromatic rings. The third-order valence-corrected chi connectivity index (χ3v) is 3.55. The van der Waals surface area contributed by atoms with Gasteiger partial charge >= 0.3 is 6.03 Å². The zero-order chi connectivity index (χ0) is 15.4. The Morgan fingerprint density at radius 3 is 2.62 bits per heavy atom. The maximum atomic E-state index is 12.0. The zero-order valence-corrected chi connectivity index (χ0v) is 12.6. The zero-order valence-electron chi connectivity index (χ0n) is 11.9. The Balaban J connectivity index is 2.08. The first kappa shape index (κ1) is 15.4. The molecule has 2 aromatic carbocycles. The standard InChI is InChI=1S/C16H17ClN2O2/c1-10-14(17)7-4-8-15(10)19-16(21)18-13-6-3-5-12(9-13)11(2)20/h3-9,11,20H,1-2H3,(H2,18,19,21). The quantitative estimate of drug-likeness (QED) is 0.789. The van der Waals surface area contributed by atoms with E-state index in [-0.39, 0.29) is 6.03 Å². The fourth-order valence-corrected chi connectivity index (χ4v) is 2.08. The van der Waals surface area contributed by atoms with Crippen LogP contribution in [-0.2, 0) is 0 Å². The van der Waals surface area contributed by atoms with E-state index in [1.807, 2.05) is 6.92 Å². The number of rotatable bonds is 3. The summed E-state index contributed by atoms with van der Waals surface area (Å²) in [6.45, 7) is 3.51. The lowest BCUT2D eigenvalue weighted by molar-refractivity contribution is 0.199. The predicted octanol–water partition coefficient (Wildman–Crippen LogP) is 4.35. The summed E-state index contributed by atoms with van der Waals surface area (Å²) in [6, 6.07) is 12.0. The van der Waals surface area contributed by atoms with Crippen molar-refractivity contribution in [2.75, 3.05) is 10.6 Å². The molecular weight excluding hydrogens is 288 g/mol. The highest BCUT2D eigenvalue weighted by Crippen LogP contribution is 2.23. The van der Waals surface area contributed by atoms with E-state index in [2.05, 4.69) is 10.6 Å². The van der Waals surface area contributed by atoms with Crippen molar-refractivity contribution in [3.05, 3.63) is 58.6 Å². The van der Waals surface area contributed by atoms with Crippen LogP contribution in [0.4, 0.5) is 16.2 Å². The largest absolute Gasteiger partial charge is 0.389 e. The van der Waals surface area contributed by atoms with Gasteiger partial charge in [-0.1, -0.05) is 29.8 Å². The Hall–Kier alpha value is -2.04. The number of halogens is 1. The number of aliphatic hydroxyl groups excluding tert-OH is 1. The van der Waals surface area contributed by atoms with Crippen molar-refractivity contribution in [2.45, 2.75) is 20.0 Å². The molecule has 0 aromatic heterocycles. The number of hydrogen-bond donors (Lipinski definition) is 3. The molecule has 0 aliphatic rings. The van der Waals surface area contributed by atoms with Crippen molar-refractivity contribution in [3.8, 4) is 0 Å². The van der Waals surface area contributed by atoms with Gasteiger partial charge in [0.05, 0.1) is 6.10 Å². The number of nitrogens with one attached hydrogen (secondary N) is 2. The van der Waals surface area contributed by atoms with Crippen LogP contribution in [0.5, 0.6) is 0 Å². The first-order chi connectivity index (χ1) is 9.97. The second kappa shape index (κ2) is 6.61. The minimum absolute atomic E-state index is 0.358. The van der Waals surface area contributed by atoms with Crippen LogP contribution in [0.3, 0.4) is 0 Å². The molecule has 2 rings (SSSR count). The van der Waals surface area contributed by atoms with Gasteiger partial charge in [-0.25, -0.2) is 4.79 Å². The van der Waals surface area contributed by atoms with E-state index in [1.165, 1.54) is 0 Å². The molecule has 0 fully saturated rings. The van der Waals surface area contributed by atoms with E-state index in [4.69, 9.17) is 11.6 Å². The summed E-state index contributed by atoms with van der Waals surface area (Å²) in [5, 5.41) is 15.6. The summed E-state index contributed by atoms with van der Waals surface area (Å²) < 4.78 is 0. The molecule has 0 saturated heterocycles. The van der Waals surface area contributed by atoms with Crippen LogP contribution >= 0.6 is 11.6 Å². The molecule has 4 nitrogen and oxygen atoms in total. The molecule has 0 radical (unpaired) electrons. The van der Waals surface area contributed by atoms with Gasteiger partial charge < -0.3 is 15.7 Å². The first-order valence-electron chi connectivity index (χ1n) is 6.58. The lowest BCUT2D eigenvalue weighted by atomic mass is 10.1. The predicted molar refractivity (Wildman–Crippen MR) is 85.9 cm³/mol. The molecule has 0 spiro atoms. The molecule has 21 heavy (non-hydrogen) atoms. The summed E-state index contributed by atoms with van der Waals surface area (Å²) in [5.74, 6) is 0. The highest BCUT2D eigenvalue weighted by Gasteiger charge is 2.08. The monoisotopic (exact) mass is 304 g/mol. The van der Waals surface area contributed by atoms with Crippen molar-refractivity contribution in [1.29, 1.82) is 0 Å². The Bertz CT molecular complexity index is 656. The normalized spacial score (nSPS) is 11.8. The maximum absolute atomic E-state index is 12.0. The Labute approximate surface area is 128 Å². The van der Waals surface area contributed by atoms with Crippen molar-refractivity contribution < 1.29 is 9.90 Å². The van der Waals surface area contributed by atoms with Gasteiger partial charge in [0, 0.05) is 16.4 Å². The van der Waals surface area contributed by atoms with Crippen molar-refractivity contribution in [1.82, 2.24) is 0 Å². The van der Waals surface area contributed by atoms with Gasteiger partial charge in [-0.3, -0.25) is 0 Å². The minimum atomic E-state index is -0.579. The average Bonchev–Trinajstić information content (AvgIpc) is 2.44. The SMILES string of the molecule is Cc1c(Cl)cccc1NC(=O)Nc1cccc(C(C)O)c1. The number of anilines is 2. The number of carbonyl (C=O) groups is 1. The second-order valence-corrected chi connectivity index (χ2v) is 5.20. The van der Waals surface area contributed by atoms with E-state index in [0.717, 1.165) is 11.1 Å². The van der Waals surface area contributed by atoms with Gasteiger partial charge in [-0.05, 0) is 49.2 Å². The van der Waals surface area contributed by atoms with E-state index in [9.17, 15) is 9.90 Å². The Morgan fingerprint density at radius 1 is 1.19 bits per heavy atom. The molecule has 3 N–H and O–H groups in total. The van der Waals surface area contributed by atoms with E-state index in [0.29, 0.717) is 16.4 Å². The molecule has 110 valence electrons. The highest BCUT2D eigenvalue weighted by molar-refractivity contribution is 6.31. The first-order valence-corrected chi connectivity index (χ1v) is 6.96. The molecule has 0 saturated carbocycles. The lowest BCUT2D eigenvalue weighted by Gasteiger charge is -2.12. The summed E-state index contributed by atoms with van der Waals surface area (Å²) in [4.78, 5) is 12.0. The third kappa shape index (κ3) is 3.97. The summed E-state index contributed by atoms with van der Waals surface area (Å²) in [6.07, 6.45) is -0.579. The Morgan fingerprint density at radius 2 is 1.90 bits per heavy atom. The van der Waals surface area contributed by atoms with Gasteiger partial charge in [0.15, 0.2) is 0 Å². The lowest BCUT2D eigenvalue weighted by Crippen LogP contribution is -2.20. The molecule has 2 amide bonds. The second-order valence-electron chi connectivity index (χ2n) is 4.79. The molecule has 0 bridgehead atoms. The smallest absolute Gasteiger partial charge is 0.323 e. The number of hydrogen-bond acceptors (Lipinski definition) is 2. The van der Waals surface area contributed by atoms with Crippen molar-refractivity contribution >= 4 is 29.0 Å². The molecule has 1 atom stereocenters. The van der Waals surface area contributed by atoms with Gasteiger partial charge in [0.2, 0.25) is 0 Å². The fraction of sp³-hybridized carbons (Fsp3) is 0.188.